The standard InChI is InChI=1S/C15H27N3/c1-17-9-4-14(5-10-17)6-11-18(2)13-15(12-16)7-3-8-15/h14H,3-11,13H2,1-2H3. The molecular formula is C15H27N3. The quantitative estimate of drug-likeness (QED) is 0.749. The molecule has 0 spiro atoms. The van der Waals surface area contributed by atoms with Crippen LogP contribution in [0.5, 0.6) is 0 Å². The van der Waals surface area contributed by atoms with Crippen molar-refractivity contribution in [1.82, 2.24) is 9.80 Å². The molecule has 2 aliphatic rings. The highest BCUT2D eigenvalue weighted by Gasteiger charge is 2.38. The monoisotopic (exact) mass is 249 g/mol. The molecule has 0 amide bonds. The molecule has 2 rings (SSSR count). The minimum Gasteiger partial charge on any atom is -0.306 e. The second kappa shape index (κ2) is 6.04. The van der Waals surface area contributed by atoms with Crippen LogP contribution in [0.15, 0.2) is 0 Å². The third kappa shape index (κ3) is 3.46. The number of rotatable bonds is 5. The molecule has 1 aliphatic carbocycles. The largest absolute Gasteiger partial charge is 0.306 e. The van der Waals surface area contributed by atoms with Crippen LogP contribution >= 0.6 is 0 Å². The van der Waals surface area contributed by atoms with Crippen molar-refractivity contribution in [3.05, 3.63) is 0 Å². The molecule has 0 aromatic heterocycles. The van der Waals surface area contributed by atoms with Crippen molar-refractivity contribution in [1.29, 1.82) is 5.26 Å². The van der Waals surface area contributed by atoms with Gasteiger partial charge in [-0.2, -0.15) is 5.26 Å². The fourth-order valence-electron chi connectivity index (χ4n) is 3.26. The summed E-state index contributed by atoms with van der Waals surface area (Å²) in [5, 5.41) is 9.25. The highest BCUT2D eigenvalue weighted by Crippen LogP contribution is 2.40. The van der Waals surface area contributed by atoms with Crippen molar-refractivity contribution in [2.45, 2.75) is 38.5 Å². The van der Waals surface area contributed by atoms with Crippen LogP contribution in [0.3, 0.4) is 0 Å². The van der Waals surface area contributed by atoms with Gasteiger partial charge in [-0.1, -0.05) is 6.42 Å². The Morgan fingerprint density at radius 2 is 2.00 bits per heavy atom. The molecule has 1 aliphatic heterocycles. The SMILES string of the molecule is CN1CCC(CCN(C)CC2(C#N)CCC2)CC1. The van der Waals surface area contributed by atoms with Crippen LogP contribution in [0.25, 0.3) is 0 Å². The molecule has 3 heteroatoms. The number of likely N-dealkylation sites (tertiary alicyclic amines) is 1. The van der Waals surface area contributed by atoms with E-state index in [1.165, 1.54) is 38.8 Å². The minimum absolute atomic E-state index is 0.00152. The summed E-state index contributed by atoms with van der Waals surface area (Å²) in [6.07, 6.45) is 7.49. The van der Waals surface area contributed by atoms with Crippen molar-refractivity contribution < 1.29 is 0 Å². The van der Waals surface area contributed by atoms with Gasteiger partial charge in [0, 0.05) is 6.54 Å². The third-order valence-corrected chi connectivity index (χ3v) is 4.88. The summed E-state index contributed by atoms with van der Waals surface area (Å²) in [5.74, 6) is 0.906. The lowest BCUT2D eigenvalue weighted by atomic mass is 9.69. The zero-order valence-corrected chi connectivity index (χ0v) is 12.0. The van der Waals surface area contributed by atoms with E-state index in [-0.39, 0.29) is 5.41 Å². The number of piperidine rings is 1. The summed E-state index contributed by atoms with van der Waals surface area (Å²) < 4.78 is 0. The topological polar surface area (TPSA) is 30.3 Å². The van der Waals surface area contributed by atoms with Crippen LogP contribution in [-0.4, -0.2) is 50.1 Å². The van der Waals surface area contributed by atoms with Crippen molar-refractivity contribution in [3.8, 4) is 6.07 Å². The Hall–Kier alpha value is -0.590. The van der Waals surface area contributed by atoms with E-state index in [9.17, 15) is 5.26 Å². The molecule has 0 aromatic carbocycles. The van der Waals surface area contributed by atoms with Crippen molar-refractivity contribution in [2.24, 2.45) is 11.3 Å². The van der Waals surface area contributed by atoms with Gasteiger partial charge >= 0.3 is 0 Å². The summed E-state index contributed by atoms with van der Waals surface area (Å²) >= 11 is 0. The summed E-state index contributed by atoms with van der Waals surface area (Å²) in [6, 6.07) is 2.54. The molecule has 102 valence electrons. The van der Waals surface area contributed by atoms with Gasteiger partial charge in [0.25, 0.3) is 0 Å². The molecule has 0 N–H and O–H groups in total. The van der Waals surface area contributed by atoms with E-state index in [1.54, 1.807) is 0 Å². The third-order valence-electron chi connectivity index (χ3n) is 4.88. The second-order valence-electron chi connectivity index (χ2n) is 6.52. The maximum Gasteiger partial charge on any atom is 0.0703 e. The minimum atomic E-state index is 0.00152. The van der Waals surface area contributed by atoms with E-state index in [0.717, 1.165) is 31.8 Å². The Bertz CT molecular complexity index is 295. The number of hydrogen-bond donors (Lipinski definition) is 0. The van der Waals surface area contributed by atoms with Gasteiger partial charge in [0.15, 0.2) is 0 Å². The van der Waals surface area contributed by atoms with Crippen molar-refractivity contribution >= 4 is 0 Å². The van der Waals surface area contributed by atoms with E-state index in [1.807, 2.05) is 0 Å². The summed E-state index contributed by atoms with van der Waals surface area (Å²) in [4.78, 5) is 4.82. The van der Waals surface area contributed by atoms with E-state index in [2.05, 4.69) is 30.0 Å². The summed E-state index contributed by atoms with van der Waals surface area (Å²) in [5.41, 5.74) is 0.00152. The van der Waals surface area contributed by atoms with E-state index >= 15 is 0 Å². The Morgan fingerprint density at radius 3 is 2.50 bits per heavy atom. The zero-order chi connectivity index (χ0) is 13.0. The maximum atomic E-state index is 9.25. The average molecular weight is 249 g/mol. The lowest BCUT2D eigenvalue weighted by Gasteiger charge is -2.39. The van der Waals surface area contributed by atoms with Crippen LogP contribution < -0.4 is 0 Å². The van der Waals surface area contributed by atoms with E-state index in [0.29, 0.717) is 0 Å². The van der Waals surface area contributed by atoms with Gasteiger partial charge in [0.05, 0.1) is 11.5 Å². The number of hydrogen-bond acceptors (Lipinski definition) is 3. The van der Waals surface area contributed by atoms with Gasteiger partial charge in [-0.15, -0.1) is 0 Å². The molecule has 1 saturated carbocycles. The molecule has 0 unspecified atom stereocenters. The maximum absolute atomic E-state index is 9.25. The van der Waals surface area contributed by atoms with E-state index < -0.39 is 0 Å². The van der Waals surface area contributed by atoms with Crippen molar-refractivity contribution in [3.63, 3.8) is 0 Å². The Labute approximate surface area is 112 Å². The molecule has 3 nitrogen and oxygen atoms in total. The molecular weight excluding hydrogens is 222 g/mol. The molecule has 1 heterocycles. The average Bonchev–Trinajstić information content (AvgIpc) is 2.33. The molecule has 0 bridgehead atoms. The van der Waals surface area contributed by atoms with Crippen LogP contribution in [-0.2, 0) is 0 Å². The second-order valence-corrected chi connectivity index (χ2v) is 6.52. The Kier molecular flexibility index (Phi) is 4.64. The Balaban J connectivity index is 1.66. The highest BCUT2D eigenvalue weighted by molar-refractivity contribution is 5.06. The molecule has 2 fully saturated rings. The summed E-state index contributed by atoms with van der Waals surface area (Å²) in [6.45, 7) is 4.67. The molecule has 0 radical (unpaired) electrons. The zero-order valence-electron chi connectivity index (χ0n) is 12.0. The van der Waals surface area contributed by atoms with Gasteiger partial charge in [-0.3, -0.25) is 0 Å². The summed E-state index contributed by atoms with van der Waals surface area (Å²) in [7, 11) is 4.40. The first-order valence-corrected chi connectivity index (χ1v) is 7.42. The van der Waals surface area contributed by atoms with Gasteiger partial charge < -0.3 is 9.80 Å². The molecule has 0 aromatic rings. The Morgan fingerprint density at radius 1 is 1.33 bits per heavy atom. The smallest absolute Gasteiger partial charge is 0.0703 e. The van der Waals surface area contributed by atoms with Gasteiger partial charge in [0.1, 0.15) is 0 Å². The first-order chi connectivity index (χ1) is 8.63. The van der Waals surface area contributed by atoms with Gasteiger partial charge in [0.2, 0.25) is 0 Å². The fraction of sp³-hybridized carbons (Fsp3) is 0.933. The predicted octanol–water partition coefficient (Wildman–Crippen LogP) is 2.34. The predicted molar refractivity (Wildman–Crippen MR) is 74.2 cm³/mol. The molecule has 0 atom stereocenters. The first-order valence-electron chi connectivity index (χ1n) is 7.42. The van der Waals surface area contributed by atoms with Crippen LogP contribution in [0.1, 0.15) is 38.5 Å². The van der Waals surface area contributed by atoms with Crippen LogP contribution in [0.2, 0.25) is 0 Å². The number of nitriles is 1. The van der Waals surface area contributed by atoms with Crippen LogP contribution in [0, 0.1) is 22.7 Å². The fourth-order valence-corrected chi connectivity index (χ4v) is 3.26. The van der Waals surface area contributed by atoms with Crippen molar-refractivity contribution in [2.75, 3.05) is 40.3 Å². The van der Waals surface area contributed by atoms with Crippen LogP contribution in [0.4, 0.5) is 0 Å². The highest BCUT2D eigenvalue weighted by atomic mass is 15.1. The molecule has 18 heavy (non-hydrogen) atoms. The molecule has 1 saturated heterocycles. The van der Waals surface area contributed by atoms with Gasteiger partial charge in [-0.25, -0.2) is 0 Å². The number of nitrogens with zero attached hydrogens (tertiary/aromatic N) is 3. The van der Waals surface area contributed by atoms with Gasteiger partial charge in [-0.05, 0) is 71.8 Å². The van der Waals surface area contributed by atoms with E-state index in [4.69, 9.17) is 0 Å². The lowest BCUT2D eigenvalue weighted by Crippen LogP contribution is -2.40. The lowest BCUT2D eigenvalue weighted by molar-refractivity contribution is 0.127. The normalized spacial score (nSPS) is 24.8. The first kappa shape index (κ1) is 13.8.